The van der Waals surface area contributed by atoms with Crippen LogP contribution in [0.5, 0.6) is 0 Å². The highest BCUT2D eigenvalue weighted by Gasteiger charge is 2.47. The predicted octanol–water partition coefficient (Wildman–Crippen LogP) is 5.61. The molecule has 0 radical (unpaired) electrons. The molecule has 2 aliphatic heterocycles. The van der Waals surface area contributed by atoms with Crippen LogP contribution in [-0.4, -0.2) is 34.5 Å². The number of carboxylic acids is 1. The Balaban J connectivity index is 1.42. The topological polar surface area (TPSA) is 66.8 Å². The van der Waals surface area contributed by atoms with Crippen molar-refractivity contribution in [2.75, 3.05) is 0 Å². The normalized spacial score (nSPS) is 26.4. The Morgan fingerprint density at radius 2 is 1.81 bits per heavy atom. The Morgan fingerprint density at radius 1 is 1.09 bits per heavy atom. The third kappa shape index (κ3) is 5.13. The van der Waals surface area contributed by atoms with Crippen LogP contribution in [0.2, 0.25) is 0 Å². The van der Waals surface area contributed by atoms with Crippen molar-refractivity contribution < 1.29 is 19.7 Å². The Morgan fingerprint density at radius 3 is 2.50 bits per heavy atom. The summed E-state index contributed by atoms with van der Waals surface area (Å²) in [5.41, 5.74) is 2.68. The Kier molecular flexibility index (Phi) is 7.44. The van der Waals surface area contributed by atoms with Crippen LogP contribution in [0.25, 0.3) is 0 Å². The molecule has 0 amide bonds. The van der Waals surface area contributed by atoms with E-state index < -0.39 is 12.1 Å². The first-order valence-electron chi connectivity index (χ1n) is 12.0. The molecule has 4 rings (SSSR count). The Labute approximate surface area is 190 Å². The number of aliphatic hydroxyl groups excluding tert-OH is 1. The molecule has 170 valence electrons. The minimum Gasteiger partial charge on any atom is -0.478 e. The lowest BCUT2D eigenvalue weighted by atomic mass is 9.76. The zero-order valence-corrected chi connectivity index (χ0v) is 18.8. The minimum absolute atomic E-state index is 0.114. The molecule has 2 unspecified atom stereocenters. The first kappa shape index (κ1) is 22.8. The van der Waals surface area contributed by atoms with E-state index in [4.69, 9.17) is 9.84 Å². The van der Waals surface area contributed by atoms with Crippen molar-refractivity contribution in [3.05, 3.63) is 83.4 Å². The molecule has 2 aromatic carbocycles. The van der Waals surface area contributed by atoms with Crippen molar-refractivity contribution in [1.82, 2.24) is 0 Å². The van der Waals surface area contributed by atoms with E-state index in [1.165, 1.54) is 5.56 Å². The van der Waals surface area contributed by atoms with Crippen LogP contribution in [0, 0.1) is 11.8 Å². The van der Waals surface area contributed by atoms with Crippen LogP contribution >= 0.6 is 0 Å². The number of fused-ring (bicyclic) bond motifs is 2. The standard InChI is InChI=1S/C28H34O4/c1-2-6-22(20-7-4-3-5-8-20)25(29)16-15-24-23(26-17-18-27(24)32-26)14-11-19-9-12-21(13-10-19)28(30)31/h3-5,7-10,12-13,15-16,22-27,29H,2,6,11,14,17-18H2,1H3,(H,30,31)/b16-15+/t22?,23-,24+,25?,26-,27+/m0/s1. The van der Waals surface area contributed by atoms with Crippen LogP contribution in [0.4, 0.5) is 0 Å². The predicted molar refractivity (Wildman–Crippen MR) is 126 cm³/mol. The van der Waals surface area contributed by atoms with Gasteiger partial charge in [0.05, 0.1) is 23.9 Å². The van der Waals surface area contributed by atoms with Crippen molar-refractivity contribution in [3.63, 3.8) is 0 Å². The monoisotopic (exact) mass is 434 g/mol. The van der Waals surface area contributed by atoms with Crippen molar-refractivity contribution >= 4 is 5.97 Å². The molecule has 2 bridgehead atoms. The number of hydrogen-bond acceptors (Lipinski definition) is 3. The molecule has 2 N–H and O–H groups in total. The molecule has 0 spiro atoms. The summed E-state index contributed by atoms with van der Waals surface area (Å²) < 4.78 is 6.25. The summed E-state index contributed by atoms with van der Waals surface area (Å²) in [5, 5.41) is 20.1. The second-order valence-corrected chi connectivity index (χ2v) is 9.25. The van der Waals surface area contributed by atoms with Gasteiger partial charge in [0, 0.05) is 11.8 Å². The van der Waals surface area contributed by atoms with Gasteiger partial charge in [-0.25, -0.2) is 4.79 Å². The van der Waals surface area contributed by atoms with Crippen LogP contribution in [0.15, 0.2) is 66.7 Å². The largest absolute Gasteiger partial charge is 0.478 e. The van der Waals surface area contributed by atoms with E-state index in [-0.39, 0.29) is 12.0 Å². The number of ether oxygens (including phenoxy) is 1. The summed E-state index contributed by atoms with van der Waals surface area (Å²) in [5.74, 6) is -0.000654. The van der Waals surface area contributed by atoms with Gasteiger partial charge in [0.15, 0.2) is 0 Å². The molecule has 0 aromatic heterocycles. The fourth-order valence-corrected chi connectivity index (χ4v) is 5.53. The van der Waals surface area contributed by atoms with Crippen LogP contribution in [0.1, 0.15) is 66.4 Å². The maximum Gasteiger partial charge on any atom is 0.335 e. The van der Waals surface area contributed by atoms with E-state index >= 15 is 0 Å². The third-order valence-electron chi connectivity index (χ3n) is 7.22. The average Bonchev–Trinajstić information content (AvgIpc) is 3.42. The molecular formula is C28H34O4. The average molecular weight is 435 g/mol. The van der Waals surface area contributed by atoms with Crippen LogP contribution < -0.4 is 0 Å². The SMILES string of the molecule is CCCC(c1ccccc1)C(O)/C=C/[C@@H]1[C@H](CCc2ccc(C(=O)O)cc2)[C@@H]2CC[C@H]1O2. The van der Waals surface area contributed by atoms with E-state index in [1.54, 1.807) is 12.1 Å². The van der Waals surface area contributed by atoms with Gasteiger partial charge in [0.1, 0.15) is 0 Å². The smallest absolute Gasteiger partial charge is 0.335 e. The van der Waals surface area contributed by atoms with E-state index in [0.717, 1.165) is 44.1 Å². The van der Waals surface area contributed by atoms with Crippen LogP contribution in [0.3, 0.4) is 0 Å². The van der Waals surface area contributed by atoms with Gasteiger partial charge >= 0.3 is 5.97 Å². The van der Waals surface area contributed by atoms with Gasteiger partial charge in [0.2, 0.25) is 0 Å². The molecular weight excluding hydrogens is 400 g/mol. The summed E-state index contributed by atoms with van der Waals surface area (Å²) in [6.07, 6.45) is 10.4. The van der Waals surface area contributed by atoms with Crippen molar-refractivity contribution in [2.45, 2.75) is 69.7 Å². The second kappa shape index (κ2) is 10.5. The van der Waals surface area contributed by atoms with E-state index in [0.29, 0.717) is 23.5 Å². The maximum absolute atomic E-state index is 11.1. The molecule has 6 atom stereocenters. The number of aryl methyl sites for hydroxylation is 1. The van der Waals surface area contributed by atoms with Gasteiger partial charge in [-0.3, -0.25) is 0 Å². The number of rotatable bonds is 10. The summed E-state index contributed by atoms with van der Waals surface area (Å²) in [7, 11) is 0. The minimum atomic E-state index is -0.890. The lowest BCUT2D eigenvalue weighted by Gasteiger charge is -2.27. The molecule has 32 heavy (non-hydrogen) atoms. The molecule has 0 saturated carbocycles. The second-order valence-electron chi connectivity index (χ2n) is 9.25. The van der Waals surface area contributed by atoms with Crippen LogP contribution in [-0.2, 0) is 11.2 Å². The molecule has 2 aromatic rings. The Hall–Kier alpha value is -2.43. The van der Waals surface area contributed by atoms with Crippen molar-refractivity contribution in [2.24, 2.45) is 11.8 Å². The number of hydrogen-bond donors (Lipinski definition) is 2. The number of benzene rings is 2. The molecule has 4 nitrogen and oxygen atoms in total. The zero-order valence-electron chi connectivity index (χ0n) is 18.8. The van der Waals surface area contributed by atoms with Gasteiger partial charge < -0.3 is 14.9 Å². The number of carbonyl (C=O) groups is 1. The number of aliphatic hydroxyl groups is 1. The van der Waals surface area contributed by atoms with E-state index in [1.807, 2.05) is 36.4 Å². The van der Waals surface area contributed by atoms with E-state index in [9.17, 15) is 9.90 Å². The van der Waals surface area contributed by atoms with E-state index in [2.05, 4.69) is 25.1 Å². The molecule has 4 heteroatoms. The number of aromatic carboxylic acids is 1. The highest BCUT2D eigenvalue weighted by Crippen LogP contribution is 2.46. The summed E-state index contributed by atoms with van der Waals surface area (Å²) >= 11 is 0. The Bertz CT molecular complexity index is 905. The first-order chi connectivity index (χ1) is 15.6. The van der Waals surface area contributed by atoms with Gasteiger partial charge in [-0.1, -0.05) is 68.0 Å². The van der Waals surface area contributed by atoms with Gasteiger partial charge in [-0.15, -0.1) is 0 Å². The zero-order chi connectivity index (χ0) is 22.5. The van der Waals surface area contributed by atoms with Gasteiger partial charge in [0.25, 0.3) is 0 Å². The summed E-state index contributed by atoms with van der Waals surface area (Å²) in [4.78, 5) is 11.1. The molecule has 0 aliphatic carbocycles. The molecule has 2 saturated heterocycles. The van der Waals surface area contributed by atoms with Gasteiger partial charge in [-0.05, 0) is 61.3 Å². The van der Waals surface area contributed by atoms with Gasteiger partial charge in [-0.2, -0.15) is 0 Å². The highest BCUT2D eigenvalue weighted by atomic mass is 16.5. The quantitative estimate of drug-likeness (QED) is 0.477. The van der Waals surface area contributed by atoms with Crippen molar-refractivity contribution in [1.29, 1.82) is 0 Å². The maximum atomic E-state index is 11.1. The van der Waals surface area contributed by atoms with Crippen molar-refractivity contribution in [3.8, 4) is 0 Å². The summed E-state index contributed by atoms with van der Waals surface area (Å²) in [6.45, 7) is 2.16. The first-order valence-corrected chi connectivity index (χ1v) is 12.0. The fourth-order valence-electron chi connectivity index (χ4n) is 5.53. The molecule has 2 fully saturated rings. The number of carboxylic acid groups (broad SMARTS) is 1. The molecule has 2 aliphatic rings. The third-order valence-corrected chi connectivity index (χ3v) is 7.22. The lowest BCUT2D eigenvalue weighted by Crippen LogP contribution is -2.27. The molecule has 2 heterocycles. The highest BCUT2D eigenvalue weighted by molar-refractivity contribution is 5.87. The summed E-state index contributed by atoms with van der Waals surface area (Å²) in [6, 6.07) is 17.5. The lowest BCUT2D eigenvalue weighted by molar-refractivity contribution is 0.0697. The fraction of sp³-hybridized carbons (Fsp3) is 0.464.